The van der Waals surface area contributed by atoms with Crippen LogP contribution in [0.5, 0.6) is 0 Å². The van der Waals surface area contributed by atoms with E-state index in [-0.39, 0.29) is 11.9 Å². The normalized spacial score (nSPS) is 21.6. The molecule has 4 heteroatoms. The third-order valence-electron chi connectivity index (χ3n) is 3.84. The molecule has 2 saturated carbocycles. The predicted octanol–water partition coefficient (Wildman–Crippen LogP) is 1.10. The Labute approximate surface area is 110 Å². The van der Waals surface area contributed by atoms with Crippen LogP contribution in [0.1, 0.15) is 46.0 Å². The molecule has 1 amide bonds. The van der Waals surface area contributed by atoms with E-state index in [0.29, 0.717) is 6.04 Å². The molecule has 0 aliphatic heterocycles. The fourth-order valence-corrected chi connectivity index (χ4v) is 2.50. The van der Waals surface area contributed by atoms with Crippen molar-refractivity contribution in [1.82, 2.24) is 10.2 Å². The van der Waals surface area contributed by atoms with Gasteiger partial charge in [0.1, 0.15) is 0 Å². The van der Waals surface area contributed by atoms with Gasteiger partial charge in [0.25, 0.3) is 0 Å². The van der Waals surface area contributed by atoms with E-state index in [0.717, 1.165) is 24.9 Å². The van der Waals surface area contributed by atoms with Gasteiger partial charge in [-0.2, -0.15) is 0 Å². The SMILES string of the molecule is CC(C)NC(CCN(CC1CC1)C1CC1)C(N)=O. The highest BCUT2D eigenvalue weighted by molar-refractivity contribution is 5.79. The topological polar surface area (TPSA) is 58.4 Å². The predicted molar refractivity (Wildman–Crippen MR) is 73.2 cm³/mol. The van der Waals surface area contributed by atoms with Gasteiger partial charge in [-0.05, 0) is 38.0 Å². The monoisotopic (exact) mass is 253 g/mol. The van der Waals surface area contributed by atoms with Gasteiger partial charge in [0, 0.05) is 25.2 Å². The molecule has 4 nitrogen and oxygen atoms in total. The van der Waals surface area contributed by atoms with Crippen molar-refractivity contribution < 1.29 is 4.79 Å². The molecular weight excluding hydrogens is 226 g/mol. The maximum absolute atomic E-state index is 11.4. The number of hydrogen-bond acceptors (Lipinski definition) is 3. The molecule has 0 heterocycles. The third kappa shape index (κ3) is 4.58. The molecule has 1 atom stereocenters. The lowest BCUT2D eigenvalue weighted by molar-refractivity contribution is -0.120. The van der Waals surface area contributed by atoms with E-state index in [1.54, 1.807) is 0 Å². The first-order valence-electron chi connectivity index (χ1n) is 7.35. The third-order valence-corrected chi connectivity index (χ3v) is 3.84. The van der Waals surface area contributed by atoms with Gasteiger partial charge < -0.3 is 16.0 Å². The van der Waals surface area contributed by atoms with E-state index >= 15 is 0 Å². The summed E-state index contributed by atoms with van der Waals surface area (Å²) < 4.78 is 0. The molecule has 0 bridgehead atoms. The van der Waals surface area contributed by atoms with Crippen LogP contribution in [0.15, 0.2) is 0 Å². The molecule has 2 aliphatic carbocycles. The highest BCUT2D eigenvalue weighted by Crippen LogP contribution is 2.34. The Kier molecular flexibility index (Phi) is 4.62. The highest BCUT2D eigenvalue weighted by atomic mass is 16.1. The van der Waals surface area contributed by atoms with E-state index in [9.17, 15) is 4.79 Å². The van der Waals surface area contributed by atoms with Crippen LogP contribution in [-0.2, 0) is 4.79 Å². The van der Waals surface area contributed by atoms with E-state index in [1.807, 2.05) is 0 Å². The van der Waals surface area contributed by atoms with Gasteiger partial charge in [-0.25, -0.2) is 0 Å². The molecule has 0 saturated heterocycles. The molecule has 2 rings (SSSR count). The molecular formula is C14H27N3O. The van der Waals surface area contributed by atoms with Gasteiger partial charge >= 0.3 is 0 Å². The molecule has 18 heavy (non-hydrogen) atoms. The summed E-state index contributed by atoms with van der Waals surface area (Å²) in [4.78, 5) is 14.0. The zero-order valence-corrected chi connectivity index (χ0v) is 11.7. The maximum atomic E-state index is 11.4. The number of carbonyl (C=O) groups is 1. The Morgan fingerprint density at radius 1 is 1.33 bits per heavy atom. The summed E-state index contributed by atoms with van der Waals surface area (Å²) in [5, 5.41) is 3.26. The minimum Gasteiger partial charge on any atom is -0.368 e. The lowest BCUT2D eigenvalue weighted by Crippen LogP contribution is -2.46. The Hall–Kier alpha value is -0.610. The fourth-order valence-electron chi connectivity index (χ4n) is 2.50. The zero-order valence-electron chi connectivity index (χ0n) is 11.7. The Bertz CT molecular complexity index is 285. The molecule has 0 aromatic heterocycles. The fraction of sp³-hybridized carbons (Fsp3) is 0.929. The summed E-state index contributed by atoms with van der Waals surface area (Å²) >= 11 is 0. The highest BCUT2D eigenvalue weighted by Gasteiger charge is 2.33. The number of nitrogens with zero attached hydrogens (tertiary/aromatic N) is 1. The zero-order chi connectivity index (χ0) is 13.1. The molecule has 2 fully saturated rings. The maximum Gasteiger partial charge on any atom is 0.234 e. The van der Waals surface area contributed by atoms with Crippen molar-refractivity contribution in [3.05, 3.63) is 0 Å². The average Bonchev–Trinajstić information content (AvgIpc) is 3.13. The van der Waals surface area contributed by atoms with Gasteiger partial charge in [-0.3, -0.25) is 4.79 Å². The number of carbonyl (C=O) groups excluding carboxylic acids is 1. The molecule has 1 unspecified atom stereocenters. The second-order valence-corrected chi connectivity index (χ2v) is 6.23. The summed E-state index contributed by atoms with van der Waals surface area (Å²) in [6.45, 7) is 6.35. The van der Waals surface area contributed by atoms with Gasteiger partial charge in [0.15, 0.2) is 0 Å². The Morgan fingerprint density at radius 2 is 2.00 bits per heavy atom. The number of hydrogen-bond donors (Lipinski definition) is 2. The second-order valence-electron chi connectivity index (χ2n) is 6.23. The van der Waals surface area contributed by atoms with Gasteiger partial charge in [-0.15, -0.1) is 0 Å². The average molecular weight is 253 g/mol. The molecule has 3 N–H and O–H groups in total. The number of nitrogens with one attached hydrogen (secondary N) is 1. The van der Waals surface area contributed by atoms with Crippen molar-refractivity contribution in [2.45, 2.75) is 64.1 Å². The summed E-state index contributed by atoms with van der Waals surface area (Å²) in [7, 11) is 0. The number of amides is 1. The van der Waals surface area contributed by atoms with Crippen LogP contribution < -0.4 is 11.1 Å². The van der Waals surface area contributed by atoms with Crippen molar-refractivity contribution in [2.24, 2.45) is 11.7 Å². The van der Waals surface area contributed by atoms with Crippen molar-refractivity contribution in [3.63, 3.8) is 0 Å². The Balaban J connectivity index is 1.76. The van der Waals surface area contributed by atoms with Crippen LogP contribution in [-0.4, -0.2) is 42.0 Å². The summed E-state index contributed by atoms with van der Waals surface area (Å²) in [6, 6.07) is 0.920. The van der Waals surface area contributed by atoms with Crippen LogP contribution >= 0.6 is 0 Å². The molecule has 0 aromatic carbocycles. The van der Waals surface area contributed by atoms with E-state index in [1.165, 1.54) is 32.2 Å². The summed E-state index contributed by atoms with van der Waals surface area (Å²) in [5.41, 5.74) is 5.46. The lowest BCUT2D eigenvalue weighted by atomic mass is 10.1. The van der Waals surface area contributed by atoms with E-state index in [4.69, 9.17) is 5.73 Å². The molecule has 2 aliphatic rings. The first-order chi connectivity index (χ1) is 8.56. The van der Waals surface area contributed by atoms with E-state index < -0.39 is 0 Å². The minimum absolute atomic E-state index is 0.176. The van der Waals surface area contributed by atoms with Gasteiger partial charge in [0.05, 0.1) is 6.04 Å². The first kappa shape index (κ1) is 13.8. The van der Waals surface area contributed by atoms with Crippen molar-refractivity contribution in [3.8, 4) is 0 Å². The standard InChI is InChI=1S/C14H27N3O/c1-10(2)16-13(14(15)18)7-8-17(12-5-6-12)9-11-3-4-11/h10-13,16H,3-9H2,1-2H3,(H2,15,18). The molecule has 0 spiro atoms. The molecule has 0 radical (unpaired) electrons. The van der Waals surface area contributed by atoms with Gasteiger partial charge in [-0.1, -0.05) is 13.8 Å². The van der Waals surface area contributed by atoms with Crippen molar-refractivity contribution in [2.75, 3.05) is 13.1 Å². The second kappa shape index (κ2) is 6.02. The van der Waals surface area contributed by atoms with Crippen molar-refractivity contribution in [1.29, 1.82) is 0 Å². The van der Waals surface area contributed by atoms with Crippen LogP contribution in [0.25, 0.3) is 0 Å². The van der Waals surface area contributed by atoms with Crippen LogP contribution in [0.2, 0.25) is 0 Å². The quantitative estimate of drug-likeness (QED) is 0.647. The molecule has 0 aromatic rings. The summed E-state index contributed by atoms with van der Waals surface area (Å²) in [6.07, 6.45) is 6.31. The summed E-state index contributed by atoms with van der Waals surface area (Å²) in [5.74, 6) is 0.710. The van der Waals surface area contributed by atoms with Crippen LogP contribution in [0.4, 0.5) is 0 Å². The smallest absolute Gasteiger partial charge is 0.234 e. The number of rotatable bonds is 9. The molecule has 104 valence electrons. The number of primary amides is 1. The Morgan fingerprint density at radius 3 is 2.44 bits per heavy atom. The van der Waals surface area contributed by atoms with Crippen molar-refractivity contribution >= 4 is 5.91 Å². The minimum atomic E-state index is -0.217. The first-order valence-corrected chi connectivity index (χ1v) is 7.35. The van der Waals surface area contributed by atoms with Gasteiger partial charge in [0.2, 0.25) is 5.91 Å². The van der Waals surface area contributed by atoms with E-state index in [2.05, 4.69) is 24.1 Å². The van der Waals surface area contributed by atoms with Crippen LogP contribution in [0.3, 0.4) is 0 Å². The van der Waals surface area contributed by atoms with Crippen LogP contribution in [0, 0.1) is 5.92 Å². The largest absolute Gasteiger partial charge is 0.368 e. The lowest BCUT2D eigenvalue weighted by Gasteiger charge is -2.25. The number of nitrogens with two attached hydrogens (primary N) is 1.